The maximum atomic E-state index is 11.7. The largest absolute Gasteiger partial charge is 0.339 e. The quantitative estimate of drug-likeness (QED) is 0.806. The monoisotopic (exact) mass is 236 g/mol. The van der Waals surface area contributed by atoms with E-state index in [4.69, 9.17) is 4.52 Å². The third-order valence-electron chi connectivity index (χ3n) is 3.28. The van der Waals surface area contributed by atoms with Gasteiger partial charge in [-0.1, -0.05) is 25.4 Å². The Morgan fingerprint density at radius 3 is 2.94 bits per heavy atom. The highest BCUT2D eigenvalue weighted by molar-refractivity contribution is 5.85. The van der Waals surface area contributed by atoms with E-state index in [0.29, 0.717) is 18.2 Å². The number of carbonyl (C=O) groups is 1. The van der Waals surface area contributed by atoms with E-state index in [1.807, 2.05) is 0 Å². The zero-order valence-electron chi connectivity index (χ0n) is 10.6. The summed E-state index contributed by atoms with van der Waals surface area (Å²) in [6.07, 6.45) is 5.50. The van der Waals surface area contributed by atoms with E-state index in [9.17, 15) is 4.79 Å². The topological polar surface area (TPSA) is 56.0 Å². The van der Waals surface area contributed by atoms with Gasteiger partial charge >= 0.3 is 0 Å². The molecule has 2 rings (SSSR count). The Morgan fingerprint density at radius 2 is 2.24 bits per heavy atom. The third kappa shape index (κ3) is 3.14. The Labute approximate surface area is 102 Å². The van der Waals surface area contributed by atoms with Gasteiger partial charge in [0.2, 0.25) is 5.89 Å². The molecule has 1 aliphatic rings. The molecule has 1 heterocycles. The second-order valence-electron chi connectivity index (χ2n) is 5.25. The Balaban J connectivity index is 1.99. The van der Waals surface area contributed by atoms with Crippen LogP contribution in [0.1, 0.15) is 63.6 Å². The molecular weight excluding hydrogens is 216 g/mol. The summed E-state index contributed by atoms with van der Waals surface area (Å²) < 4.78 is 5.22. The minimum Gasteiger partial charge on any atom is -0.339 e. The molecule has 4 heteroatoms. The molecule has 94 valence electrons. The molecule has 1 aromatic rings. The van der Waals surface area contributed by atoms with Crippen LogP contribution < -0.4 is 0 Å². The number of hydrogen-bond acceptors (Lipinski definition) is 4. The Hall–Kier alpha value is -1.19. The molecule has 1 atom stereocenters. The molecule has 0 spiro atoms. The Kier molecular flexibility index (Phi) is 3.92. The fraction of sp³-hybridized carbons (Fsp3) is 0.769. The molecule has 17 heavy (non-hydrogen) atoms. The predicted octanol–water partition coefficient (Wildman–Crippen LogP) is 2.88. The van der Waals surface area contributed by atoms with E-state index in [0.717, 1.165) is 37.9 Å². The lowest BCUT2D eigenvalue weighted by atomic mass is 9.88. The molecule has 0 amide bonds. The van der Waals surface area contributed by atoms with Gasteiger partial charge in [-0.25, -0.2) is 0 Å². The highest BCUT2D eigenvalue weighted by Crippen LogP contribution is 2.28. The lowest BCUT2D eigenvalue weighted by Gasteiger charge is -2.16. The van der Waals surface area contributed by atoms with Crippen LogP contribution in [0.15, 0.2) is 4.52 Å². The van der Waals surface area contributed by atoms with Crippen LogP contribution in [0.3, 0.4) is 0 Å². The van der Waals surface area contributed by atoms with Crippen molar-refractivity contribution in [3.8, 4) is 0 Å². The smallest absolute Gasteiger partial charge is 0.237 e. The van der Waals surface area contributed by atoms with Gasteiger partial charge in [-0.05, 0) is 25.2 Å². The van der Waals surface area contributed by atoms with Crippen molar-refractivity contribution in [3.63, 3.8) is 0 Å². The lowest BCUT2D eigenvalue weighted by Crippen LogP contribution is -2.17. The summed E-state index contributed by atoms with van der Waals surface area (Å²) in [4.78, 5) is 16.1. The van der Waals surface area contributed by atoms with Crippen molar-refractivity contribution in [3.05, 3.63) is 11.7 Å². The highest BCUT2D eigenvalue weighted by atomic mass is 16.5. The number of carbonyl (C=O) groups excluding carboxylic acids is 1. The van der Waals surface area contributed by atoms with Crippen molar-refractivity contribution in [2.24, 2.45) is 5.92 Å². The van der Waals surface area contributed by atoms with Crippen molar-refractivity contribution in [1.82, 2.24) is 10.1 Å². The SMILES string of the molecule is CC(C)CCc1noc(C2CCCCC2=O)n1. The van der Waals surface area contributed by atoms with E-state index >= 15 is 0 Å². The second-order valence-corrected chi connectivity index (χ2v) is 5.25. The van der Waals surface area contributed by atoms with Crippen LogP contribution in [0.5, 0.6) is 0 Å². The van der Waals surface area contributed by atoms with Crippen LogP contribution in [0.4, 0.5) is 0 Å². The first kappa shape index (κ1) is 12.3. The average Bonchev–Trinajstić information content (AvgIpc) is 2.75. The Bertz CT molecular complexity index is 385. The standard InChI is InChI=1S/C13H20N2O2/c1-9(2)7-8-12-14-13(17-15-12)10-5-3-4-6-11(10)16/h9-10H,3-8H2,1-2H3. The van der Waals surface area contributed by atoms with Gasteiger partial charge in [-0.3, -0.25) is 4.79 Å². The summed E-state index contributed by atoms with van der Waals surface area (Å²) in [5.74, 6) is 2.04. The fourth-order valence-corrected chi connectivity index (χ4v) is 2.17. The van der Waals surface area contributed by atoms with Crippen LogP contribution in [-0.4, -0.2) is 15.9 Å². The summed E-state index contributed by atoms with van der Waals surface area (Å²) in [6, 6.07) is 0. The van der Waals surface area contributed by atoms with Crippen LogP contribution >= 0.6 is 0 Å². The molecular formula is C13H20N2O2. The molecule has 1 unspecified atom stereocenters. The number of aromatic nitrogens is 2. The predicted molar refractivity (Wildman–Crippen MR) is 63.7 cm³/mol. The van der Waals surface area contributed by atoms with E-state index in [-0.39, 0.29) is 11.7 Å². The van der Waals surface area contributed by atoms with Gasteiger partial charge in [0.1, 0.15) is 5.78 Å². The van der Waals surface area contributed by atoms with Gasteiger partial charge in [0, 0.05) is 12.8 Å². The van der Waals surface area contributed by atoms with Gasteiger partial charge in [-0.2, -0.15) is 4.98 Å². The molecule has 1 saturated carbocycles. The highest BCUT2D eigenvalue weighted by Gasteiger charge is 2.28. The van der Waals surface area contributed by atoms with Gasteiger partial charge < -0.3 is 4.52 Å². The van der Waals surface area contributed by atoms with Gasteiger partial charge in [0.25, 0.3) is 0 Å². The first-order valence-corrected chi connectivity index (χ1v) is 6.52. The van der Waals surface area contributed by atoms with Crippen LogP contribution in [-0.2, 0) is 11.2 Å². The number of Topliss-reactive ketones (excluding diaryl/α,β-unsaturated/α-hetero) is 1. The van der Waals surface area contributed by atoms with Crippen LogP contribution in [0, 0.1) is 5.92 Å². The summed E-state index contributed by atoms with van der Waals surface area (Å²) in [5, 5.41) is 3.96. The van der Waals surface area contributed by atoms with E-state index in [1.54, 1.807) is 0 Å². The van der Waals surface area contributed by atoms with E-state index in [1.165, 1.54) is 0 Å². The molecule has 1 fully saturated rings. The normalized spacial score (nSPS) is 21.1. The van der Waals surface area contributed by atoms with Crippen molar-refractivity contribution < 1.29 is 9.32 Å². The molecule has 0 saturated heterocycles. The van der Waals surface area contributed by atoms with Crippen LogP contribution in [0.2, 0.25) is 0 Å². The molecule has 0 aliphatic heterocycles. The molecule has 1 aliphatic carbocycles. The maximum absolute atomic E-state index is 11.7. The molecule has 0 N–H and O–H groups in total. The average molecular weight is 236 g/mol. The van der Waals surface area contributed by atoms with Gasteiger partial charge in [-0.15, -0.1) is 0 Å². The summed E-state index contributed by atoms with van der Waals surface area (Å²) in [7, 11) is 0. The molecule has 0 radical (unpaired) electrons. The number of hydrogen-bond donors (Lipinski definition) is 0. The number of aryl methyl sites for hydroxylation is 1. The van der Waals surface area contributed by atoms with E-state index < -0.39 is 0 Å². The van der Waals surface area contributed by atoms with Gasteiger partial charge in [0.05, 0.1) is 5.92 Å². The molecule has 1 aromatic heterocycles. The zero-order valence-corrected chi connectivity index (χ0v) is 10.6. The number of ketones is 1. The minimum absolute atomic E-state index is 0.135. The Morgan fingerprint density at radius 1 is 1.41 bits per heavy atom. The first-order valence-electron chi connectivity index (χ1n) is 6.52. The van der Waals surface area contributed by atoms with Crippen molar-refractivity contribution in [1.29, 1.82) is 0 Å². The van der Waals surface area contributed by atoms with Crippen molar-refractivity contribution >= 4 is 5.78 Å². The minimum atomic E-state index is -0.135. The lowest BCUT2D eigenvalue weighted by molar-refractivity contribution is -0.122. The van der Waals surface area contributed by atoms with Crippen molar-refractivity contribution in [2.75, 3.05) is 0 Å². The molecule has 0 bridgehead atoms. The van der Waals surface area contributed by atoms with E-state index in [2.05, 4.69) is 24.0 Å². The van der Waals surface area contributed by atoms with Gasteiger partial charge in [0.15, 0.2) is 5.82 Å². The maximum Gasteiger partial charge on any atom is 0.237 e. The molecule has 4 nitrogen and oxygen atoms in total. The summed E-state index contributed by atoms with van der Waals surface area (Å²) in [6.45, 7) is 4.34. The van der Waals surface area contributed by atoms with Crippen molar-refractivity contribution in [2.45, 2.75) is 58.3 Å². The summed E-state index contributed by atoms with van der Waals surface area (Å²) >= 11 is 0. The molecule has 0 aromatic carbocycles. The zero-order chi connectivity index (χ0) is 12.3. The second kappa shape index (κ2) is 5.43. The first-order chi connectivity index (χ1) is 8.16. The summed E-state index contributed by atoms with van der Waals surface area (Å²) in [5.41, 5.74) is 0. The fourth-order valence-electron chi connectivity index (χ4n) is 2.17. The number of nitrogens with zero attached hydrogens (tertiary/aromatic N) is 2. The third-order valence-corrected chi connectivity index (χ3v) is 3.28. The number of rotatable bonds is 4. The van der Waals surface area contributed by atoms with Crippen LogP contribution in [0.25, 0.3) is 0 Å².